The molecule has 78 valence electrons. The van der Waals surface area contributed by atoms with E-state index in [0.29, 0.717) is 5.82 Å². The van der Waals surface area contributed by atoms with E-state index < -0.39 is 0 Å². The van der Waals surface area contributed by atoms with Gasteiger partial charge in [0.15, 0.2) is 5.82 Å². The molecule has 2 aromatic rings. The summed E-state index contributed by atoms with van der Waals surface area (Å²) >= 11 is 1.63. The molecule has 0 saturated heterocycles. The van der Waals surface area contributed by atoms with Gasteiger partial charge in [-0.25, -0.2) is 9.97 Å². The quantitative estimate of drug-likeness (QED) is 0.844. The Bertz CT molecular complexity index is 440. The second-order valence-electron chi connectivity index (χ2n) is 3.33. The summed E-state index contributed by atoms with van der Waals surface area (Å²) in [5, 5.41) is 2.01. The van der Waals surface area contributed by atoms with Crippen LogP contribution in [0.4, 0.5) is 5.82 Å². The molecule has 15 heavy (non-hydrogen) atoms. The Morgan fingerprint density at radius 3 is 2.73 bits per heavy atom. The summed E-state index contributed by atoms with van der Waals surface area (Å²) in [5.74, 6) is 1.34. The fraction of sp³-hybridized carbons (Fsp3) is 0.273. The fourth-order valence-corrected chi connectivity index (χ4v) is 2.23. The van der Waals surface area contributed by atoms with Crippen molar-refractivity contribution in [3.8, 4) is 10.7 Å². The smallest absolute Gasteiger partial charge is 0.171 e. The van der Waals surface area contributed by atoms with E-state index in [1.165, 1.54) is 0 Å². The number of aromatic nitrogens is 2. The third-order valence-corrected chi connectivity index (χ3v) is 3.21. The van der Waals surface area contributed by atoms with Gasteiger partial charge in [-0.3, -0.25) is 0 Å². The van der Waals surface area contributed by atoms with Gasteiger partial charge in [0.2, 0.25) is 0 Å². The molecule has 0 aromatic carbocycles. The summed E-state index contributed by atoms with van der Waals surface area (Å²) in [7, 11) is 0. The lowest BCUT2D eigenvalue weighted by Gasteiger charge is -2.07. The Balaban J connectivity index is 2.53. The molecule has 0 unspecified atom stereocenters. The summed E-state index contributed by atoms with van der Waals surface area (Å²) in [5.41, 5.74) is 7.92. The first-order valence-electron chi connectivity index (χ1n) is 4.89. The number of rotatable bonds is 2. The maximum absolute atomic E-state index is 5.89. The van der Waals surface area contributed by atoms with E-state index in [9.17, 15) is 0 Å². The largest absolute Gasteiger partial charge is 0.383 e. The van der Waals surface area contributed by atoms with Crippen LogP contribution in [0.25, 0.3) is 10.7 Å². The molecule has 3 nitrogen and oxygen atoms in total. The monoisotopic (exact) mass is 219 g/mol. The molecular weight excluding hydrogens is 206 g/mol. The van der Waals surface area contributed by atoms with Gasteiger partial charge in [0.25, 0.3) is 0 Å². The molecule has 0 spiro atoms. The lowest BCUT2D eigenvalue weighted by Crippen LogP contribution is -2.03. The SMILES string of the molecule is CCc1c(C)nc(-c2cccs2)nc1N. The van der Waals surface area contributed by atoms with Gasteiger partial charge in [-0.15, -0.1) is 11.3 Å². The van der Waals surface area contributed by atoms with E-state index in [1.807, 2.05) is 24.4 Å². The van der Waals surface area contributed by atoms with Crippen LogP contribution in [0.3, 0.4) is 0 Å². The summed E-state index contributed by atoms with van der Waals surface area (Å²) in [6.07, 6.45) is 0.877. The maximum atomic E-state index is 5.89. The maximum Gasteiger partial charge on any atom is 0.171 e. The summed E-state index contributed by atoms with van der Waals surface area (Å²) in [6, 6.07) is 3.99. The first-order chi connectivity index (χ1) is 7.22. The highest BCUT2D eigenvalue weighted by molar-refractivity contribution is 7.13. The molecule has 0 aliphatic carbocycles. The predicted octanol–water partition coefficient (Wildman–Crippen LogP) is 2.66. The predicted molar refractivity (Wildman–Crippen MR) is 63.9 cm³/mol. The Hall–Kier alpha value is -1.42. The number of nitrogens with zero attached hydrogens (tertiary/aromatic N) is 2. The van der Waals surface area contributed by atoms with Crippen molar-refractivity contribution in [3.63, 3.8) is 0 Å². The summed E-state index contributed by atoms with van der Waals surface area (Å²) < 4.78 is 0. The first kappa shape index (κ1) is 10.1. The average Bonchev–Trinajstić information content (AvgIpc) is 2.69. The molecule has 0 amide bonds. The van der Waals surface area contributed by atoms with E-state index in [-0.39, 0.29) is 0 Å². The molecule has 4 heteroatoms. The van der Waals surface area contributed by atoms with Crippen LogP contribution in [0.5, 0.6) is 0 Å². The van der Waals surface area contributed by atoms with Gasteiger partial charge >= 0.3 is 0 Å². The van der Waals surface area contributed by atoms with Crippen molar-refractivity contribution in [1.82, 2.24) is 9.97 Å². The van der Waals surface area contributed by atoms with Crippen LogP contribution in [0, 0.1) is 6.92 Å². The van der Waals surface area contributed by atoms with E-state index >= 15 is 0 Å². The molecule has 2 aromatic heterocycles. The van der Waals surface area contributed by atoms with Gasteiger partial charge in [0.05, 0.1) is 4.88 Å². The number of hydrogen-bond acceptors (Lipinski definition) is 4. The molecule has 0 radical (unpaired) electrons. The number of nitrogen functional groups attached to an aromatic ring is 1. The van der Waals surface area contributed by atoms with Crippen LogP contribution in [0.15, 0.2) is 17.5 Å². The second-order valence-corrected chi connectivity index (χ2v) is 4.27. The fourth-order valence-electron chi connectivity index (χ4n) is 1.57. The normalized spacial score (nSPS) is 10.5. The number of aryl methyl sites for hydroxylation is 1. The lowest BCUT2D eigenvalue weighted by molar-refractivity contribution is 1.01. The van der Waals surface area contributed by atoms with E-state index in [0.717, 1.165) is 28.4 Å². The second kappa shape index (κ2) is 3.98. The highest BCUT2D eigenvalue weighted by Gasteiger charge is 2.09. The van der Waals surface area contributed by atoms with Crippen LogP contribution < -0.4 is 5.73 Å². The standard InChI is InChI=1S/C11H13N3S/c1-3-8-7(2)13-11(14-10(8)12)9-5-4-6-15-9/h4-6H,3H2,1-2H3,(H2,12,13,14). The zero-order valence-electron chi connectivity index (χ0n) is 8.82. The molecular formula is C11H13N3S. The molecule has 0 atom stereocenters. The third kappa shape index (κ3) is 1.85. The Kier molecular flexibility index (Phi) is 2.68. The van der Waals surface area contributed by atoms with Crippen molar-refractivity contribution in [2.75, 3.05) is 5.73 Å². The van der Waals surface area contributed by atoms with Crippen molar-refractivity contribution in [2.45, 2.75) is 20.3 Å². The number of thiophene rings is 1. The topological polar surface area (TPSA) is 51.8 Å². The first-order valence-corrected chi connectivity index (χ1v) is 5.77. The highest BCUT2D eigenvalue weighted by atomic mass is 32.1. The van der Waals surface area contributed by atoms with E-state index in [4.69, 9.17) is 5.73 Å². The third-order valence-electron chi connectivity index (χ3n) is 2.34. The van der Waals surface area contributed by atoms with Crippen LogP contribution in [-0.4, -0.2) is 9.97 Å². The molecule has 2 rings (SSSR count). The van der Waals surface area contributed by atoms with Crippen LogP contribution in [0.2, 0.25) is 0 Å². The van der Waals surface area contributed by atoms with Crippen molar-refractivity contribution in [1.29, 1.82) is 0 Å². The Morgan fingerprint density at radius 2 is 2.20 bits per heavy atom. The zero-order valence-corrected chi connectivity index (χ0v) is 9.64. The Labute approximate surface area is 93.0 Å². The minimum atomic E-state index is 0.605. The van der Waals surface area contributed by atoms with Crippen molar-refractivity contribution < 1.29 is 0 Å². The minimum absolute atomic E-state index is 0.605. The van der Waals surface area contributed by atoms with Crippen molar-refractivity contribution >= 4 is 17.2 Å². The minimum Gasteiger partial charge on any atom is -0.383 e. The van der Waals surface area contributed by atoms with Gasteiger partial charge in [-0.2, -0.15) is 0 Å². The zero-order chi connectivity index (χ0) is 10.8. The van der Waals surface area contributed by atoms with Gasteiger partial charge in [-0.1, -0.05) is 13.0 Å². The number of hydrogen-bond donors (Lipinski definition) is 1. The summed E-state index contributed by atoms with van der Waals surface area (Å²) in [6.45, 7) is 4.04. The van der Waals surface area contributed by atoms with Gasteiger partial charge in [0.1, 0.15) is 5.82 Å². The van der Waals surface area contributed by atoms with Crippen LogP contribution >= 0.6 is 11.3 Å². The molecule has 0 aliphatic heterocycles. The molecule has 0 fully saturated rings. The molecule has 0 bridgehead atoms. The van der Waals surface area contributed by atoms with Crippen LogP contribution in [-0.2, 0) is 6.42 Å². The summed E-state index contributed by atoms with van der Waals surface area (Å²) in [4.78, 5) is 9.85. The van der Waals surface area contributed by atoms with E-state index in [1.54, 1.807) is 11.3 Å². The van der Waals surface area contributed by atoms with Gasteiger partial charge in [-0.05, 0) is 24.8 Å². The van der Waals surface area contributed by atoms with Crippen molar-refractivity contribution in [3.05, 3.63) is 28.8 Å². The number of anilines is 1. The lowest BCUT2D eigenvalue weighted by atomic mass is 10.1. The van der Waals surface area contributed by atoms with E-state index in [2.05, 4.69) is 16.9 Å². The Morgan fingerprint density at radius 1 is 1.40 bits per heavy atom. The van der Waals surface area contributed by atoms with Gasteiger partial charge < -0.3 is 5.73 Å². The van der Waals surface area contributed by atoms with Crippen LogP contribution in [0.1, 0.15) is 18.2 Å². The molecule has 2 N–H and O–H groups in total. The highest BCUT2D eigenvalue weighted by Crippen LogP contribution is 2.24. The number of nitrogens with two attached hydrogens (primary N) is 1. The van der Waals surface area contributed by atoms with Crippen molar-refractivity contribution in [2.24, 2.45) is 0 Å². The molecule has 0 aliphatic rings. The molecule has 2 heterocycles. The van der Waals surface area contributed by atoms with Gasteiger partial charge in [0, 0.05) is 11.3 Å². The average molecular weight is 219 g/mol. The molecule has 0 saturated carbocycles.